The first-order valence-electron chi connectivity index (χ1n) is 3.98. The van der Waals surface area contributed by atoms with Gasteiger partial charge in [0.15, 0.2) is 0 Å². The molecule has 2 rings (SSSR count). The lowest BCUT2D eigenvalue weighted by atomic mass is 10.2. The van der Waals surface area contributed by atoms with Gasteiger partial charge in [-0.2, -0.15) is 0 Å². The summed E-state index contributed by atoms with van der Waals surface area (Å²) in [6, 6.07) is 5.71. The molecule has 0 amide bonds. The summed E-state index contributed by atoms with van der Waals surface area (Å²) in [5, 5.41) is 4.01. The molecule has 1 aromatic rings. The summed E-state index contributed by atoms with van der Waals surface area (Å²) in [6.07, 6.45) is 0. The van der Waals surface area contributed by atoms with Gasteiger partial charge < -0.3 is 10.1 Å². The van der Waals surface area contributed by atoms with Crippen molar-refractivity contribution in [2.45, 2.75) is 6.54 Å². The first kappa shape index (κ1) is 7.90. The lowest BCUT2D eigenvalue weighted by molar-refractivity contribution is 0.326. The maximum Gasteiger partial charge on any atom is 0.123 e. The second-order valence-electron chi connectivity index (χ2n) is 2.78. The first-order valence-corrected chi connectivity index (χ1v) is 4.36. The Morgan fingerprint density at radius 2 is 2.33 bits per heavy atom. The van der Waals surface area contributed by atoms with Crippen molar-refractivity contribution < 1.29 is 4.74 Å². The summed E-state index contributed by atoms with van der Waals surface area (Å²) in [5.74, 6) is 0.949. The van der Waals surface area contributed by atoms with E-state index in [9.17, 15) is 0 Å². The van der Waals surface area contributed by atoms with Gasteiger partial charge in [-0.05, 0) is 18.2 Å². The van der Waals surface area contributed by atoms with E-state index in [0.29, 0.717) is 0 Å². The van der Waals surface area contributed by atoms with Crippen LogP contribution in [0.5, 0.6) is 5.75 Å². The van der Waals surface area contributed by atoms with Gasteiger partial charge in [-0.25, -0.2) is 0 Å². The highest BCUT2D eigenvalue weighted by Gasteiger charge is 2.07. The van der Waals surface area contributed by atoms with Crippen molar-refractivity contribution in [2.24, 2.45) is 0 Å². The van der Waals surface area contributed by atoms with Crippen molar-refractivity contribution in [3.63, 3.8) is 0 Å². The van der Waals surface area contributed by atoms with E-state index in [1.54, 1.807) is 0 Å². The van der Waals surface area contributed by atoms with E-state index in [0.717, 1.165) is 36.0 Å². The highest BCUT2D eigenvalue weighted by Crippen LogP contribution is 2.23. The molecule has 1 aliphatic rings. The monoisotopic (exact) mass is 183 g/mol. The van der Waals surface area contributed by atoms with Crippen LogP contribution in [0.1, 0.15) is 5.56 Å². The van der Waals surface area contributed by atoms with Crippen LogP contribution in [0.4, 0.5) is 0 Å². The molecule has 0 saturated carbocycles. The summed E-state index contributed by atoms with van der Waals surface area (Å²) < 4.78 is 5.48. The van der Waals surface area contributed by atoms with Gasteiger partial charge in [-0.15, -0.1) is 0 Å². The zero-order chi connectivity index (χ0) is 8.39. The minimum Gasteiger partial charge on any atom is -0.492 e. The molecule has 0 radical (unpaired) electrons. The van der Waals surface area contributed by atoms with Crippen LogP contribution in [0, 0.1) is 0 Å². The van der Waals surface area contributed by atoms with E-state index in [1.807, 2.05) is 18.2 Å². The van der Waals surface area contributed by atoms with E-state index in [4.69, 9.17) is 16.3 Å². The standard InChI is InChI=1S/C9H10ClNO/c10-8-1-2-9-7(5-8)6-11-3-4-12-9/h1-2,5,11H,3-4,6H2. The molecule has 0 aliphatic carbocycles. The molecule has 12 heavy (non-hydrogen) atoms. The summed E-state index contributed by atoms with van der Waals surface area (Å²) >= 11 is 5.85. The van der Waals surface area contributed by atoms with Gasteiger partial charge in [-0.1, -0.05) is 11.6 Å². The molecule has 0 spiro atoms. The predicted molar refractivity (Wildman–Crippen MR) is 48.7 cm³/mol. The molecule has 64 valence electrons. The predicted octanol–water partition coefficient (Wildman–Crippen LogP) is 1.82. The van der Waals surface area contributed by atoms with Crippen LogP contribution in [0.3, 0.4) is 0 Å². The Balaban J connectivity index is 2.36. The number of ether oxygens (including phenoxy) is 1. The maximum absolute atomic E-state index is 5.85. The molecular formula is C9H10ClNO. The molecule has 0 unspecified atom stereocenters. The van der Waals surface area contributed by atoms with E-state index in [-0.39, 0.29) is 0 Å². The fourth-order valence-electron chi connectivity index (χ4n) is 1.28. The summed E-state index contributed by atoms with van der Waals surface area (Å²) in [4.78, 5) is 0. The Kier molecular flexibility index (Phi) is 2.19. The van der Waals surface area contributed by atoms with Crippen molar-refractivity contribution in [1.82, 2.24) is 5.32 Å². The Morgan fingerprint density at radius 3 is 3.25 bits per heavy atom. The highest BCUT2D eigenvalue weighted by molar-refractivity contribution is 6.30. The average molecular weight is 184 g/mol. The van der Waals surface area contributed by atoms with Crippen molar-refractivity contribution in [2.75, 3.05) is 13.2 Å². The van der Waals surface area contributed by atoms with Gasteiger partial charge in [-0.3, -0.25) is 0 Å². The SMILES string of the molecule is Clc1ccc2c(c1)CNCCO2. The molecule has 0 bridgehead atoms. The van der Waals surface area contributed by atoms with Gasteiger partial charge in [0.25, 0.3) is 0 Å². The third kappa shape index (κ3) is 1.54. The molecular weight excluding hydrogens is 174 g/mol. The smallest absolute Gasteiger partial charge is 0.123 e. The number of hydrogen-bond donors (Lipinski definition) is 1. The summed E-state index contributed by atoms with van der Waals surface area (Å²) in [5.41, 5.74) is 1.14. The number of halogens is 1. The second-order valence-corrected chi connectivity index (χ2v) is 3.21. The average Bonchev–Trinajstić information content (AvgIpc) is 2.28. The molecule has 0 fully saturated rings. The van der Waals surface area contributed by atoms with Crippen LogP contribution in [0.2, 0.25) is 5.02 Å². The Bertz CT molecular complexity index is 288. The lowest BCUT2D eigenvalue weighted by Gasteiger charge is -2.05. The zero-order valence-electron chi connectivity index (χ0n) is 6.64. The van der Waals surface area contributed by atoms with Gasteiger partial charge in [0.05, 0.1) is 0 Å². The molecule has 0 aromatic heterocycles. The van der Waals surface area contributed by atoms with Crippen LogP contribution in [-0.2, 0) is 6.54 Å². The molecule has 3 heteroatoms. The Labute approximate surface area is 76.5 Å². The van der Waals surface area contributed by atoms with Gasteiger partial charge in [0, 0.05) is 23.7 Å². The third-order valence-corrected chi connectivity index (χ3v) is 2.11. The number of nitrogens with one attached hydrogen (secondary N) is 1. The summed E-state index contributed by atoms with van der Waals surface area (Å²) in [7, 11) is 0. The fraction of sp³-hybridized carbons (Fsp3) is 0.333. The van der Waals surface area contributed by atoms with Crippen molar-refractivity contribution in [3.8, 4) is 5.75 Å². The van der Waals surface area contributed by atoms with Crippen LogP contribution in [-0.4, -0.2) is 13.2 Å². The zero-order valence-corrected chi connectivity index (χ0v) is 7.40. The number of fused-ring (bicyclic) bond motifs is 1. The molecule has 2 nitrogen and oxygen atoms in total. The minimum absolute atomic E-state index is 0.731. The summed E-state index contributed by atoms with van der Waals surface area (Å²) in [6.45, 7) is 2.47. The Morgan fingerprint density at radius 1 is 1.42 bits per heavy atom. The highest BCUT2D eigenvalue weighted by atomic mass is 35.5. The molecule has 1 aliphatic heterocycles. The topological polar surface area (TPSA) is 21.3 Å². The lowest BCUT2D eigenvalue weighted by Crippen LogP contribution is -2.16. The van der Waals surface area contributed by atoms with Crippen molar-refractivity contribution in [3.05, 3.63) is 28.8 Å². The van der Waals surface area contributed by atoms with Crippen LogP contribution in [0.25, 0.3) is 0 Å². The number of rotatable bonds is 0. The Hall–Kier alpha value is -0.730. The van der Waals surface area contributed by atoms with Gasteiger partial charge in [0.2, 0.25) is 0 Å². The van der Waals surface area contributed by atoms with E-state index in [2.05, 4.69) is 5.32 Å². The normalized spacial score (nSPS) is 16.1. The minimum atomic E-state index is 0.731. The molecule has 1 heterocycles. The van der Waals surface area contributed by atoms with Crippen LogP contribution < -0.4 is 10.1 Å². The fourth-order valence-corrected chi connectivity index (χ4v) is 1.48. The number of benzene rings is 1. The quantitative estimate of drug-likeness (QED) is 0.663. The van der Waals surface area contributed by atoms with E-state index in [1.165, 1.54) is 0 Å². The number of hydrogen-bond acceptors (Lipinski definition) is 2. The van der Waals surface area contributed by atoms with Gasteiger partial charge in [0.1, 0.15) is 12.4 Å². The van der Waals surface area contributed by atoms with E-state index < -0.39 is 0 Å². The molecule has 1 aromatic carbocycles. The first-order chi connectivity index (χ1) is 5.86. The molecule has 0 saturated heterocycles. The van der Waals surface area contributed by atoms with Crippen molar-refractivity contribution in [1.29, 1.82) is 0 Å². The second kappa shape index (κ2) is 3.33. The molecule has 0 atom stereocenters. The van der Waals surface area contributed by atoms with E-state index >= 15 is 0 Å². The van der Waals surface area contributed by atoms with Gasteiger partial charge >= 0.3 is 0 Å². The molecule has 1 N–H and O–H groups in total. The third-order valence-electron chi connectivity index (χ3n) is 1.87. The van der Waals surface area contributed by atoms with Crippen molar-refractivity contribution >= 4 is 11.6 Å². The largest absolute Gasteiger partial charge is 0.492 e. The van der Waals surface area contributed by atoms with Crippen LogP contribution >= 0.6 is 11.6 Å². The maximum atomic E-state index is 5.85. The van der Waals surface area contributed by atoms with Crippen LogP contribution in [0.15, 0.2) is 18.2 Å².